The molecule has 0 amide bonds. The van der Waals surface area contributed by atoms with Crippen LogP contribution >= 0.6 is 22.9 Å². The van der Waals surface area contributed by atoms with E-state index in [1.54, 1.807) is 0 Å². The van der Waals surface area contributed by atoms with Gasteiger partial charge in [0.05, 0.1) is 0 Å². The lowest BCUT2D eigenvalue weighted by molar-refractivity contribution is 0.296. The van der Waals surface area contributed by atoms with Crippen molar-refractivity contribution >= 4 is 22.9 Å². The van der Waals surface area contributed by atoms with Gasteiger partial charge in [0, 0.05) is 0 Å². The minimum atomic E-state index is 0.0510. The highest BCUT2D eigenvalue weighted by atomic mass is 35.5. The summed E-state index contributed by atoms with van der Waals surface area (Å²) in [6.45, 7) is 6.89. The number of para-hydroxylation sites is 1. The van der Waals surface area contributed by atoms with Gasteiger partial charge in [0.25, 0.3) is 0 Å². The second-order valence-corrected chi connectivity index (χ2v) is 6.63. The lowest BCUT2D eigenvalue weighted by Crippen LogP contribution is -2.13. The Hall–Kier alpha value is -1.13. The molecule has 0 radical (unpaired) electrons. The van der Waals surface area contributed by atoms with E-state index in [0.29, 0.717) is 11.1 Å². The number of benzene rings is 1. The maximum atomic E-state index is 5.81. The predicted molar refractivity (Wildman–Crippen MR) is 74.4 cm³/mol. The van der Waals surface area contributed by atoms with Gasteiger partial charge in [-0.25, -0.2) is 0 Å². The molecule has 1 aromatic heterocycles. The van der Waals surface area contributed by atoms with E-state index in [4.69, 9.17) is 16.3 Å². The Morgan fingerprint density at radius 3 is 2.56 bits per heavy atom. The lowest BCUT2D eigenvalue weighted by atomic mass is 9.86. The quantitative estimate of drug-likeness (QED) is 0.851. The number of rotatable bonds is 3. The Labute approximate surface area is 116 Å². The molecule has 0 aliphatic heterocycles. The molecule has 0 aliphatic carbocycles. The zero-order valence-corrected chi connectivity index (χ0v) is 12.2. The van der Waals surface area contributed by atoms with E-state index in [1.165, 1.54) is 16.9 Å². The Kier molecular flexibility index (Phi) is 3.88. The summed E-state index contributed by atoms with van der Waals surface area (Å²) in [5.41, 5.74) is 1.23. The van der Waals surface area contributed by atoms with Crippen LogP contribution in [0, 0.1) is 0 Å². The van der Waals surface area contributed by atoms with Crippen molar-refractivity contribution in [3.8, 4) is 5.75 Å². The summed E-state index contributed by atoms with van der Waals surface area (Å²) in [6.07, 6.45) is 0. The van der Waals surface area contributed by atoms with Crippen LogP contribution < -0.4 is 4.74 Å². The van der Waals surface area contributed by atoms with Crippen LogP contribution in [0.4, 0.5) is 0 Å². The summed E-state index contributed by atoms with van der Waals surface area (Å²) >= 11 is 7.07. The summed E-state index contributed by atoms with van der Waals surface area (Å²) in [5.74, 6) is 0.885. The molecule has 0 fully saturated rings. The van der Waals surface area contributed by atoms with Gasteiger partial charge in [-0.1, -0.05) is 50.3 Å². The standard InChI is InChI=1S/C13H15ClN2OS/c1-13(2,3)9-6-4-5-7-10(9)17-8-11-15-16-12(14)18-11/h4-7H,8H2,1-3H3. The molecule has 96 valence electrons. The lowest BCUT2D eigenvalue weighted by Gasteiger charge is -2.22. The molecule has 2 rings (SSSR count). The molecule has 0 spiro atoms. The summed E-state index contributed by atoms with van der Waals surface area (Å²) in [7, 11) is 0. The zero-order chi connectivity index (χ0) is 13.2. The molecule has 1 heterocycles. The van der Waals surface area contributed by atoms with Crippen molar-refractivity contribution in [1.82, 2.24) is 10.2 Å². The van der Waals surface area contributed by atoms with Crippen LogP contribution in [0.1, 0.15) is 31.3 Å². The molecule has 0 atom stereocenters. The van der Waals surface area contributed by atoms with Crippen molar-refractivity contribution in [2.75, 3.05) is 0 Å². The van der Waals surface area contributed by atoms with Crippen LogP contribution in [0.3, 0.4) is 0 Å². The third kappa shape index (κ3) is 3.21. The smallest absolute Gasteiger partial charge is 0.207 e. The average molecular weight is 283 g/mol. The van der Waals surface area contributed by atoms with E-state index < -0.39 is 0 Å². The first-order valence-electron chi connectivity index (χ1n) is 5.67. The minimum absolute atomic E-state index is 0.0510. The van der Waals surface area contributed by atoms with Gasteiger partial charge in [0.1, 0.15) is 12.4 Å². The highest BCUT2D eigenvalue weighted by Gasteiger charge is 2.18. The first-order chi connectivity index (χ1) is 8.47. The van der Waals surface area contributed by atoms with Gasteiger partial charge in [-0.2, -0.15) is 0 Å². The van der Waals surface area contributed by atoms with E-state index in [1.807, 2.05) is 18.2 Å². The van der Waals surface area contributed by atoms with Gasteiger partial charge in [0.15, 0.2) is 5.01 Å². The molecule has 0 saturated heterocycles. The molecular weight excluding hydrogens is 268 g/mol. The van der Waals surface area contributed by atoms with Crippen molar-refractivity contribution < 1.29 is 4.74 Å². The van der Waals surface area contributed by atoms with Crippen LogP contribution in [0.2, 0.25) is 4.47 Å². The first-order valence-corrected chi connectivity index (χ1v) is 6.86. The summed E-state index contributed by atoms with van der Waals surface area (Å²) in [6, 6.07) is 8.05. The van der Waals surface area contributed by atoms with Crippen LogP contribution in [0.15, 0.2) is 24.3 Å². The summed E-state index contributed by atoms with van der Waals surface area (Å²) in [4.78, 5) is 0. The highest BCUT2D eigenvalue weighted by molar-refractivity contribution is 7.15. The van der Waals surface area contributed by atoms with Gasteiger partial charge in [-0.15, -0.1) is 10.2 Å². The van der Waals surface area contributed by atoms with Gasteiger partial charge < -0.3 is 4.74 Å². The van der Waals surface area contributed by atoms with E-state index in [9.17, 15) is 0 Å². The van der Waals surface area contributed by atoms with E-state index in [2.05, 4.69) is 37.0 Å². The molecule has 3 nitrogen and oxygen atoms in total. The maximum Gasteiger partial charge on any atom is 0.207 e. The molecule has 2 aromatic rings. The Bertz CT molecular complexity index is 534. The molecular formula is C13H15ClN2OS. The first kappa shape index (κ1) is 13.3. The van der Waals surface area contributed by atoms with Crippen molar-refractivity contribution in [1.29, 1.82) is 0 Å². The van der Waals surface area contributed by atoms with E-state index >= 15 is 0 Å². The average Bonchev–Trinajstić information content (AvgIpc) is 2.72. The molecule has 18 heavy (non-hydrogen) atoms. The number of nitrogens with zero attached hydrogens (tertiary/aromatic N) is 2. The van der Waals surface area contributed by atoms with Crippen LogP contribution in [-0.4, -0.2) is 10.2 Å². The Morgan fingerprint density at radius 1 is 1.22 bits per heavy atom. The molecule has 0 unspecified atom stereocenters. The van der Waals surface area contributed by atoms with Crippen molar-refractivity contribution in [2.24, 2.45) is 0 Å². The highest BCUT2D eigenvalue weighted by Crippen LogP contribution is 2.31. The topological polar surface area (TPSA) is 35.0 Å². The second-order valence-electron chi connectivity index (χ2n) is 4.98. The second kappa shape index (κ2) is 5.24. The SMILES string of the molecule is CC(C)(C)c1ccccc1OCc1nnc(Cl)s1. The van der Waals surface area contributed by atoms with Crippen LogP contribution in [-0.2, 0) is 12.0 Å². The number of aromatic nitrogens is 2. The van der Waals surface area contributed by atoms with Crippen molar-refractivity contribution in [2.45, 2.75) is 32.8 Å². The largest absolute Gasteiger partial charge is 0.486 e. The fraction of sp³-hybridized carbons (Fsp3) is 0.385. The predicted octanol–water partition coefficient (Wildman–Crippen LogP) is 4.07. The van der Waals surface area contributed by atoms with Gasteiger partial charge in [0.2, 0.25) is 4.47 Å². The van der Waals surface area contributed by atoms with Crippen LogP contribution in [0.25, 0.3) is 0 Å². The monoisotopic (exact) mass is 282 g/mol. The van der Waals surface area contributed by atoms with Gasteiger partial charge >= 0.3 is 0 Å². The molecule has 0 bridgehead atoms. The molecule has 5 heteroatoms. The minimum Gasteiger partial charge on any atom is -0.486 e. The van der Waals surface area contributed by atoms with E-state index in [-0.39, 0.29) is 5.41 Å². The number of hydrogen-bond acceptors (Lipinski definition) is 4. The number of hydrogen-bond donors (Lipinski definition) is 0. The third-order valence-electron chi connectivity index (χ3n) is 2.49. The Balaban J connectivity index is 2.14. The van der Waals surface area contributed by atoms with Gasteiger partial charge in [-0.05, 0) is 28.6 Å². The summed E-state index contributed by atoms with van der Waals surface area (Å²) in [5, 5.41) is 8.47. The molecule has 1 aromatic carbocycles. The third-order valence-corrected chi connectivity index (χ3v) is 3.48. The van der Waals surface area contributed by atoms with Gasteiger partial charge in [-0.3, -0.25) is 0 Å². The fourth-order valence-corrected chi connectivity index (χ4v) is 2.42. The zero-order valence-electron chi connectivity index (χ0n) is 10.6. The molecule has 0 N–H and O–H groups in total. The molecule has 0 saturated carbocycles. The fourth-order valence-electron chi connectivity index (χ4n) is 1.64. The van der Waals surface area contributed by atoms with Crippen LogP contribution in [0.5, 0.6) is 5.75 Å². The Morgan fingerprint density at radius 2 is 1.94 bits per heavy atom. The van der Waals surface area contributed by atoms with Crippen molar-refractivity contribution in [3.63, 3.8) is 0 Å². The van der Waals surface area contributed by atoms with E-state index in [0.717, 1.165) is 10.8 Å². The molecule has 0 aliphatic rings. The van der Waals surface area contributed by atoms with Crippen molar-refractivity contribution in [3.05, 3.63) is 39.3 Å². The number of ether oxygens (including phenoxy) is 1. The summed E-state index contributed by atoms with van der Waals surface area (Å²) < 4.78 is 6.25. The maximum absolute atomic E-state index is 5.81. The number of halogens is 1. The normalized spacial score (nSPS) is 11.6.